The third-order valence-electron chi connectivity index (χ3n) is 3.76. The molecule has 0 bridgehead atoms. The van der Waals surface area contributed by atoms with Gasteiger partial charge in [-0.2, -0.15) is 0 Å². The van der Waals surface area contributed by atoms with Crippen LogP contribution in [0.15, 0.2) is 29.2 Å². The van der Waals surface area contributed by atoms with E-state index in [1.807, 2.05) is 19.2 Å². The molecule has 1 saturated carbocycles. The van der Waals surface area contributed by atoms with Gasteiger partial charge < -0.3 is 10.2 Å². The molecule has 2 fully saturated rings. The van der Waals surface area contributed by atoms with Gasteiger partial charge in [0.25, 0.3) is 0 Å². The molecule has 19 heavy (non-hydrogen) atoms. The highest BCUT2D eigenvalue weighted by Crippen LogP contribution is 2.24. The minimum atomic E-state index is -3.33. The molecule has 1 aromatic rings. The number of anilines is 1. The highest BCUT2D eigenvalue weighted by Gasteiger charge is 2.28. The molecule has 2 N–H and O–H groups in total. The topological polar surface area (TPSA) is 61.4 Å². The van der Waals surface area contributed by atoms with E-state index < -0.39 is 10.0 Å². The van der Waals surface area contributed by atoms with Gasteiger partial charge in [-0.25, -0.2) is 13.1 Å². The maximum absolute atomic E-state index is 12.0. The van der Waals surface area contributed by atoms with Crippen molar-refractivity contribution < 1.29 is 8.42 Å². The number of nitrogens with one attached hydrogen (secondary N) is 2. The van der Waals surface area contributed by atoms with Crippen molar-refractivity contribution in [2.24, 2.45) is 0 Å². The molecular weight excluding hydrogens is 262 g/mol. The summed E-state index contributed by atoms with van der Waals surface area (Å²) in [5, 5.41) is 3.23. The minimum Gasteiger partial charge on any atom is -0.369 e. The van der Waals surface area contributed by atoms with E-state index in [0.29, 0.717) is 10.9 Å². The molecule has 6 heteroatoms. The maximum atomic E-state index is 12.0. The summed E-state index contributed by atoms with van der Waals surface area (Å²) in [5.74, 6) is 0. The second kappa shape index (κ2) is 4.77. The molecule has 0 unspecified atom stereocenters. The molecule has 104 valence electrons. The van der Waals surface area contributed by atoms with Gasteiger partial charge in [-0.15, -0.1) is 0 Å². The van der Waals surface area contributed by atoms with Crippen LogP contribution in [0.2, 0.25) is 0 Å². The average molecular weight is 281 g/mol. The van der Waals surface area contributed by atoms with Gasteiger partial charge in [-0.1, -0.05) is 0 Å². The Hall–Kier alpha value is -1.11. The summed E-state index contributed by atoms with van der Waals surface area (Å²) in [6.07, 6.45) is 1.91. The SMILES string of the molecule is CN(c1ccc(S(=O)(=O)NC2CC2)cc1)C1CNC1. The van der Waals surface area contributed by atoms with E-state index in [1.54, 1.807) is 12.1 Å². The van der Waals surface area contributed by atoms with Crippen LogP contribution in [-0.4, -0.2) is 40.6 Å². The number of likely N-dealkylation sites (N-methyl/N-ethyl adjacent to an activating group) is 1. The first kappa shape index (κ1) is 12.9. The zero-order valence-corrected chi connectivity index (χ0v) is 11.8. The summed E-state index contributed by atoms with van der Waals surface area (Å²) in [6.45, 7) is 1.97. The highest BCUT2D eigenvalue weighted by molar-refractivity contribution is 7.89. The number of hydrogen-bond acceptors (Lipinski definition) is 4. The van der Waals surface area contributed by atoms with E-state index in [1.165, 1.54) is 0 Å². The number of hydrogen-bond donors (Lipinski definition) is 2. The Morgan fingerprint density at radius 1 is 1.21 bits per heavy atom. The molecule has 0 radical (unpaired) electrons. The van der Waals surface area contributed by atoms with Crippen molar-refractivity contribution in [3.63, 3.8) is 0 Å². The standard InChI is InChI=1S/C13H19N3O2S/c1-16(12-8-14-9-12)11-4-6-13(7-5-11)19(17,18)15-10-2-3-10/h4-7,10,12,14-15H,2-3,8-9H2,1H3. The Balaban J connectivity index is 1.74. The molecule has 3 rings (SSSR count). The molecule has 0 atom stereocenters. The Kier molecular flexibility index (Phi) is 3.24. The van der Waals surface area contributed by atoms with Gasteiger partial charge in [0.1, 0.15) is 0 Å². The fourth-order valence-electron chi connectivity index (χ4n) is 2.11. The van der Waals surface area contributed by atoms with Crippen molar-refractivity contribution in [2.75, 3.05) is 25.0 Å². The molecule has 0 aromatic heterocycles. The zero-order chi connectivity index (χ0) is 13.5. The molecule has 1 aliphatic heterocycles. The molecule has 2 aliphatic rings. The van der Waals surface area contributed by atoms with Crippen LogP contribution in [0.5, 0.6) is 0 Å². The highest BCUT2D eigenvalue weighted by atomic mass is 32.2. The van der Waals surface area contributed by atoms with Crippen molar-refractivity contribution in [3.05, 3.63) is 24.3 Å². The van der Waals surface area contributed by atoms with Gasteiger partial charge in [0.15, 0.2) is 0 Å². The Morgan fingerprint density at radius 2 is 1.84 bits per heavy atom. The number of nitrogens with zero attached hydrogens (tertiary/aromatic N) is 1. The molecule has 1 aliphatic carbocycles. The average Bonchev–Trinajstić information content (AvgIpc) is 3.10. The minimum absolute atomic E-state index is 0.147. The second-order valence-electron chi connectivity index (χ2n) is 5.31. The number of sulfonamides is 1. The summed E-state index contributed by atoms with van der Waals surface area (Å²) in [7, 11) is -1.29. The Labute approximate surface area is 114 Å². The largest absolute Gasteiger partial charge is 0.369 e. The smallest absolute Gasteiger partial charge is 0.240 e. The molecule has 0 amide bonds. The first-order valence-corrected chi connectivity index (χ1v) is 8.10. The lowest BCUT2D eigenvalue weighted by Gasteiger charge is -2.37. The van der Waals surface area contributed by atoms with Crippen molar-refractivity contribution in [2.45, 2.75) is 29.8 Å². The van der Waals surface area contributed by atoms with Crippen LogP contribution in [0.4, 0.5) is 5.69 Å². The number of rotatable bonds is 5. The van der Waals surface area contributed by atoms with Crippen molar-refractivity contribution in [1.82, 2.24) is 10.0 Å². The fourth-order valence-corrected chi connectivity index (χ4v) is 3.41. The molecule has 5 nitrogen and oxygen atoms in total. The van der Waals surface area contributed by atoms with E-state index in [2.05, 4.69) is 14.9 Å². The van der Waals surface area contributed by atoms with Gasteiger partial charge in [0.05, 0.1) is 10.9 Å². The number of benzene rings is 1. The van der Waals surface area contributed by atoms with Crippen LogP contribution in [0.1, 0.15) is 12.8 Å². The Bertz CT molecular complexity index is 548. The summed E-state index contributed by atoms with van der Waals surface area (Å²) in [4.78, 5) is 2.53. The van der Waals surface area contributed by atoms with Gasteiger partial charge in [0, 0.05) is 31.9 Å². The third kappa shape index (κ3) is 2.75. The van der Waals surface area contributed by atoms with E-state index in [9.17, 15) is 8.42 Å². The first-order valence-electron chi connectivity index (χ1n) is 6.62. The second-order valence-corrected chi connectivity index (χ2v) is 7.03. The monoisotopic (exact) mass is 281 g/mol. The normalized spacial score (nSPS) is 20.1. The van der Waals surface area contributed by atoms with E-state index in [0.717, 1.165) is 31.6 Å². The van der Waals surface area contributed by atoms with Crippen LogP contribution >= 0.6 is 0 Å². The van der Waals surface area contributed by atoms with E-state index in [-0.39, 0.29) is 6.04 Å². The summed E-state index contributed by atoms with van der Waals surface area (Å²) in [6, 6.07) is 7.77. The molecule has 1 saturated heterocycles. The predicted octanol–water partition coefficient (Wildman–Crippen LogP) is 0.535. The van der Waals surface area contributed by atoms with Gasteiger partial charge >= 0.3 is 0 Å². The summed E-state index contributed by atoms with van der Waals surface area (Å²) in [5.41, 5.74) is 1.05. The molecule has 1 aromatic carbocycles. The van der Waals surface area contributed by atoms with Gasteiger partial charge in [-0.3, -0.25) is 0 Å². The van der Waals surface area contributed by atoms with Gasteiger partial charge in [-0.05, 0) is 37.1 Å². The quantitative estimate of drug-likeness (QED) is 0.827. The van der Waals surface area contributed by atoms with Crippen LogP contribution < -0.4 is 14.9 Å². The zero-order valence-electron chi connectivity index (χ0n) is 11.0. The maximum Gasteiger partial charge on any atom is 0.240 e. The van der Waals surface area contributed by atoms with Crippen molar-refractivity contribution in [1.29, 1.82) is 0 Å². The molecule has 0 spiro atoms. The predicted molar refractivity (Wildman–Crippen MR) is 74.8 cm³/mol. The molecule has 1 heterocycles. The fraction of sp³-hybridized carbons (Fsp3) is 0.538. The van der Waals surface area contributed by atoms with Crippen LogP contribution in [-0.2, 0) is 10.0 Å². The van der Waals surface area contributed by atoms with Crippen LogP contribution in [0.25, 0.3) is 0 Å². The van der Waals surface area contributed by atoms with Crippen molar-refractivity contribution in [3.8, 4) is 0 Å². The van der Waals surface area contributed by atoms with Crippen molar-refractivity contribution >= 4 is 15.7 Å². The lowest BCUT2D eigenvalue weighted by molar-refractivity contribution is 0.428. The lowest BCUT2D eigenvalue weighted by Crippen LogP contribution is -2.56. The first-order chi connectivity index (χ1) is 9.06. The lowest BCUT2D eigenvalue weighted by atomic mass is 10.1. The van der Waals surface area contributed by atoms with Gasteiger partial charge in [0.2, 0.25) is 10.0 Å². The third-order valence-corrected chi connectivity index (χ3v) is 5.30. The van der Waals surface area contributed by atoms with E-state index >= 15 is 0 Å². The van der Waals surface area contributed by atoms with Crippen LogP contribution in [0, 0.1) is 0 Å². The van der Waals surface area contributed by atoms with E-state index in [4.69, 9.17) is 0 Å². The molecular formula is C13H19N3O2S. The Morgan fingerprint density at radius 3 is 2.32 bits per heavy atom. The summed E-state index contributed by atoms with van der Waals surface area (Å²) < 4.78 is 26.7. The summed E-state index contributed by atoms with van der Waals surface area (Å²) >= 11 is 0. The van der Waals surface area contributed by atoms with Crippen LogP contribution in [0.3, 0.4) is 0 Å².